The first-order chi connectivity index (χ1) is 9.83. The molecule has 0 aromatic carbocycles. The van der Waals surface area contributed by atoms with Crippen molar-refractivity contribution in [2.75, 3.05) is 18.4 Å². The summed E-state index contributed by atoms with van der Waals surface area (Å²) in [6.07, 6.45) is 10.4. The Morgan fingerprint density at radius 2 is 1.85 bits per heavy atom. The number of anilines is 1. The predicted molar refractivity (Wildman–Crippen MR) is 79.9 cm³/mol. The van der Waals surface area contributed by atoms with Crippen LogP contribution >= 0.6 is 0 Å². The second kappa shape index (κ2) is 6.25. The van der Waals surface area contributed by atoms with Gasteiger partial charge in [-0.3, -0.25) is 4.79 Å². The summed E-state index contributed by atoms with van der Waals surface area (Å²) in [7, 11) is 0. The van der Waals surface area contributed by atoms with Gasteiger partial charge in [-0.1, -0.05) is 19.3 Å². The minimum Gasteiger partial charge on any atom is -0.367 e. The van der Waals surface area contributed by atoms with Crippen LogP contribution in [-0.4, -0.2) is 34.9 Å². The fourth-order valence-corrected chi connectivity index (χ4v) is 3.16. The average Bonchev–Trinajstić information content (AvgIpc) is 3.03. The smallest absolute Gasteiger partial charge is 0.255 e. The Labute approximate surface area is 120 Å². The molecule has 4 heteroatoms. The van der Waals surface area contributed by atoms with Crippen molar-refractivity contribution in [1.82, 2.24) is 9.88 Å². The molecule has 2 fully saturated rings. The molecule has 3 rings (SSSR count). The van der Waals surface area contributed by atoms with E-state index in [1.54, 1.807) is 6.20 Å². The lowest BCUT2D eigenvalue weighted by Crippen LogP contribution is -2.28. The van der Waals surface area contributed by atoms with Crippen molar-refractivity contribution in [3.8, 4) is 0 Å². The van der Waals surface area contributed by atoms with E-state index in [9.17, 15) is 4.79 Å². The van der Waals surface area contributed by atoms with Crippen LogP contribution < -0.4 is 5.32 Å². The van der Waals surface area contributed by atoms with Crippen molar-refractivity contribution in [3.63, 3.8) is 0 Å². The molecule has 2 aliphatic rings. The fraction of sp³-hybridized carbons (Fsp3) is 0.625. The molecule has 0 bridgehead atoms. The van der Waals surface area contributed by atoms with E-state index in [2.05, 4.69) is 10.3 Å². The highest BCUT2D eigenvalue weighted by atomic mass is 16.2. The topological polar surface area (TPSA) is 45.2 Å². The zero-order valence-electron chi connectivity index (χ0n) is 12.0. The Balaban J connectivity index is 1.60. The molecule has 1 saturated carbocycles. The maximum atomic E-state index is 12.2. The molecule has 1 aromatic rings. The number of hydrogen-bond donors (Lipinski definition) is 1. The first kappa shape index (κ1) is 13.4. The van der Waals surface area contributed by atoms with Gasteiger partial charge in [0.25, 0.3) is 5.91 Å². The van der Waals surface area contributed by atoms with E-state index in [0.29, 0.717) is 11.6 Å². The molecule has 2 heterocycles. The van der Waals surface area contributed by atoms with Gasteiger partial charge >= 0.3 is 0 Å². The number of carbonyl (C=O) groups excluding carboxylic acids is 1. The Morgan fingerprint density at radius 1 is 1.10 bits per heavy atom. The van der Waals surface area contributed by atoms with Crippen LogP contribution in [0.2, 0.25) is 0 Å². The molecule has 1 amide bonds. The van der Waals surface area contributed by atoms with Gasteiger partial charge in [0.05, 0.1) is 5.56 Å². The number of carbonyl (C=O) groups is 1. The zero-order chi connectivity index (χ0) is 13.8. The molecule has 1 aliphatic heterocycles. The third kappa shape index (κ3) is 3.11. The van der Waals surface area contributed by atoms with Crippen molar-refractivity contribution in [2.24, 2.45) is 0 Å². The van der Waals surface area contributed by atoms with Crippen molar-refractivity contribution in [3.05, 3.63) is 23.9 Å². The molecule has 0 radical (unpaired) electrons. The number of nitrogens with one attached hydrogen (secondary N) is 1. The van der Waals surface area contributed by atoms with E-state index in [4.69, 9.17) is 0 Å². The van der Waals surface area contributed by atoms with Gasteiger partial charge in [-0.15, -0.1) is 0 Å². The van der Waals surface area contributed by atoms with E-state index >= 15 is 0 Å². The van der Waals surface area contributed by atoms with E-state index < -0.39 is 0 Å². The Morgan fingerprint density at radius 3 is 2.50 bits per heavy atom. The molecule has 4 nitrogen and oxygen atoms in total. The summed E-state index contributed by atoms with van der Waals surface area (Å²) in [6, 6.07) is 4.40. The Kier molecular flexibility index (Phi) is 4.19. The zero-order valence-corrected chi connectivity index (χ0v) is 12.0. The largest absolute Gasteiger partial charge is 0.367 e. The highest BCUT2D eigenvalue weighted by molar-refractivity contribution is 5.94. The third-order valence-electron chi connectivity index (χ3n) is 4.36. The molecule has 20 heavy (non-hydrogen) atoms. The lowest BCUT2D eigenvalue weighted by atomic mass is 9.95. The number of pyridine rings is 1. The standard InChI is InChI=1S/C16H23N3O/c20-16(19-10-4-5-11-19)13-8-9-15(17-12-13)18-14-6-2-1-3-7-14/h8-9,12,14H,1-7,10-11H2,(H,17,18). The van der Waals surface area contributed by atoms with E-state index in [0.717, 1.165) is 31.7 Å². The minimum absolute atomic E-state index is 0.124. The van der Waals surface area contributed by atoms with Crippen LogP contribution in [-0.2, 0) is 0 Å². The summed E-state index contributed by atoms with van der Waals surface area (Å²) in [6.45, 7) is 1.78. The van der Waals surface area contributed by atoms with E-state index in [1.165, 1.54) is 32.1 Å². The number of likely N-dealkylation sites (tertiary alicyclic amines) is 1. The molecule has 108 valence electrons. The Hall–Kier alpha value is -1.58. The maximum absolute atomic E-state index is 12.2. The normalized spacial score (nSPS) is 20.1. The van der Waals surface area contributed by atoms with Crippen LogP contribution in [0.15, 0.2) is 18.3 Å². The second-order valence-electron chi connectivity index (χ2n) is 5.91. The summed E-state index contributed by atoms with van der Waals surface area (Å²) < 4.78 is 0. The van der Waals surface area contributed by atoms with Crippen molar-refractivity contribution in [1.29, 1.82) is 0 Å². The van der Waals surface area contributed by atoms with E-state index in [-0.39, 0.29) is 5.91 Å². The minimum atomic E-state index is 0.124. The number of hydrogen-bond acceptors (Lipinski definition) is 3. The number of nitrogens with zero attached hydrogens (tertiary/aromatic N) is 2. The molecule has 0 spiro atoms. The van der Waals surface area contributed by atoms with Crippen molar-refractivity contribution in [2.45, 2.75) is 51.0 Å². The molecule has 1 N–H and O–H groups in total. The SMILES string of the molecule is O=C(c1ccc(NC2CCCCC2)nc1)N1CCCC1. The quantitative estimate of drug-likeness (QED) is 0.920. The van der Waals surface area contributed by atoms with Gasteiger partial charge in [0, 0.05) is 25.3 Å². The number of aromatic nitrogens is 1. The monoisotopic (exact) mass is 273 g/mol. The molecule has 1 saturated heterocycles. The first-order valence-corrected chi connectivity index (χ1v) is 7.85. The summed E-state index contributed by atoms with van der Waals surface area (Å²) >= 11 is 0. The Bertz CT molecular complexity index is 445. The van der Waals surface area contributed by atoms with Gasteiger partial charge in [-0.2, -0.15) is 0 Å². The highest BCUT2D eigenvalue weighted by Gasteiger charge is 2.20. The van der Waals surface area contributed by atoms with Gasteiger partial charge in [0.1, 0.15) is 5.82 Å². The number of rotatable bonds is 3. The van der Waals surface area contributed by atoms with Crippen LogP contribution in [0.25, 0.3) is 0 Å². The molecule has 1 aliphatic carbocycles. The van der Waals surface area contributed by atoms with Crippen molar-refractivity contribution >= 4 is 11.7 Å². The lowest BCUT2D eigenvalue weighted by molar-refractivity contribution is 0.0792. The van der Waals surface area contributed by atoms with E-state index in [1.807, 2.05) is 17.0 Å². The van der Waals surface area contributed by atoms with Crippen molar-refractivity contribution < 1.29 is 4.79 Å². The third-order valence-corrected chi connectivity index (χ3v) is 4.36. The predicted octanol–water partition coefficient (Wildman–Crippen LogP) is 3.06. The summed E-state index contributed by atoms with van der Waals surface area (Å²) in [4.78, 5) is 18.5. The molecule has 0 atom stereocenters. The van der Waals surface area contributed by atoms with Gasteiger partial charge in [0.2, 0.25) is 0 Å². The molecule has 0 unspecified atom stereocenters. The fourth-order valence-electron chi connectivity index (χ4n) is 3.16. The van der Waals surface area contributed by atoms with Gasteiger partial charge < -0.3 is 10.2 Å². The summed E-state index contributed by atoms with van der Waals surface area (Å²) in [5.74, 6) is 1.02. The molecular formula is C16H23N3O. The lowest BCUT2D eigenvalue weighted by Gasteiger charge is -2.23. The number of amides is 1. The van der Waals surface area contributed by atoms with Crippen LogP contribution in [0.4, 0.5) is 5.82 Å². The van der Waals surface area contributed by atoms with Gasteiger partial charge in [0.15, 0.2) is 0 Å². The first-order valence-electron chi connectivity index (χ1n) is 7.85. The highest BCUT2D eigenvalue weighted by Crippen LogP contribution is 2.21. The van der Waals surface area contributed by atoms with Crippen LogP contribution in [0, 0.1) is 0 Å². The van der Waals surface area contributed by atoms with Crippen LogP contribution in [0.5, 0.6) is 0 Å². The van der Waals surface area contributed by atoms with Gasteiger partial charge in [-0.25, -0.2) is 4.98 Å². The molecule has 1 aromatic heterocycles. The van der Waals surface area contributed by atoms with Crippen LogP contribution in [0.1, 0.15) is 55.3 Å². The average molecular weight is 273 g/mol. The van der Waals surface area contributed by atoms with Crippen LogP contribution in [0.3, 0.4) is 0 Å². The summed E-state index contributed by atoms with van der Waals surface area (Å²) in [5, 5.41) is 3.48. The second-order valence-corrected chi connectivity index (χ2v) is 5.91. The van der Waals surface area contributed by atoms with Gasteiger partial charge in [-0.05, 0) is 37.8 Å². The maximum Gasteiger partial charge on any atom is 0.255 e. The summed E-state index contributed by atoms with van der Waals surface area (Å²) in [5.41, 5.74) is 0.709. The molecular weight excluding hydrogens is 250 g/mol.